The Kier molecular flexibility index (Phi) is 14.9. The number of amides is 1. The molecule has 1 N–H and O–H groups in total. The van der Waals surface area contributed by atoms with Crippen LogP contribution in [0.15, 0.2) is 36.4 Å². The largest absolute Gasteiger partial charge is 0.494 e. The van der Waals surface area contributed by atoms with E-state index < -0.39 is 29.5 Å². The summed E-state index contributed by atoms with van der Waals surface area (Å²) >= 11 is 12.6. The molecule has 2 aromatic rings. The molecule has 0 bridgehead atoms. The first-order chi connectivity index (χ1) is 24.3. The predicted molar refractivity (Wildman–Crippen MR) is 205 cm³/mol. The number of halogens is 2. The van der Waals surface area contributed by atoms with Crippen molar-refractivity contribution in [2.45, 2.75) is 111 Å². The zero-order chi connectivity index (χ0) is 37.2. The number of unbranched alkanes of at least 4 members (excludes halogenated alkanes) is 3. The number of fused-ring (bicyclic) bond motifs is 1. The van der Waals surface area contributed by atoms with Crippen molar-refractivity contribution in [1.29, 1.82) is 0 Å². The summed E-state index contributed by atoms with van der Waals surface area (Å²) in [6.45, 7) is 15.7. The summed E-state index contributed by atoms with van der Waals surface area (Å²) in [6, 6.07) is 11.1. The Balaban J connectivity index is 1.30. The number of hydrogen-bond donors (Lipinski definition) is 1. The van der Waals surface area contributed by atoms with Crippen molar-refractivity contribution in [2.24, 2.45) is 10.8 Å². The topological polar surface area (TPSA) is 99.6 Å². The van der Waals surface area contributed by atoms with Gasteiger partial charge in [0.2, 0.25) is 5.91 Å². The van der Waals surface area contributed by atoms with Gasteiger partial charge in [0, 0.05) is 38.7 Å². The summed E-state index contributed by atoms with van der Waals surface area (Å²) in [6.07, 6.45) is 7.06. The second-order valence-electron chi connectivity index (χ2n) is 15.3. The minimum Gasteiger partial charge on any atom is -0.494 e. The summed E-state index contributed by atoms with van der Waals surface area (Å²) in [7, 11) is 0. The highest BCUT2D eigenvalue weighted by molar-refractivity contribution is 6.43. The molecule has 0 aliphatic carbocycles. The van der Waals surface area contributed by atoms with Gasteiger partial charge < -0.3 is 19.5 Å². The lowest BCUT2D eigenvalue weighted by Crippen LogP contribution is -2.50. The molecule has 0 spiro atoms. The Bertz CT molecular complexity index is 1490. The number of aliphatic carboxylic acids is 1. The number of aryl methyl sites for hydroxylation is 1. The van der Waals surface area contributed by atoms with Crippen LogP contribution in [-0.2, 0) is 25.5 Å². The van der Waals surface area contributed by atoms with Crippen LogP contribution in [0.25, 0.3) is 0 Å². The molecule has 1 saturated heterocycles. The van der Waals surface area contributed by atoms with E-state index in [-0.39, 0.29) is 18.3 Å². The van der Waals surface area contributed by atoms with Crippen LogP contribution in [0, 0.1) is 10.8 Å². The summed E-state index contributed by atoms with van der Waals surface area (Å²) < 4.78 is 11.7. The normalized spacial score (nSPS) is 17.1. The number of anilines is 2. The maximum Gasteiger partial charge on any atom is 0.367 e. The van der Waals surface area contributed by atoms with Crippen LogP contribution in [0.1, 0.15) is 104 Å². The molecule has 0 radical (unpaired) electrons. The number of carboxylic acids is 1. The second-order valence-corrected chi connectivity index (χ2v) is 16.1. The monoisotopic (exact) mass is 745 g/mol. The lowest BCUT2D eigenvalue weighted by Gasteiger charge is -2.37. The van der Waals surface area contributed by atoms with Gasteiger partial charge in [-0.25, -0.2) is 4.79 Å². The number of ether oxygens (including phenoxy) is 2. The van der Waals surface area contributed by atoms with Crippen molar-refractivity contribution < 1.29 is 29.0 Å². The van der Waals surface area contributed by atoms with Crippen molar-refractivity contribution in [3.63, 3.8) is 0 Å². The van der Waals surface area contributed by atoms with Gasteiger partial charge in [-0.1, -0.05) is 95.6 Å². The Morgan fingerprint density at radius 2 is 1.69 bits per heavy atom. The van der Waals surface area contributed by atoms with Crippen molar-refractivity contribution in [1.82, 2.24) is 4.90 Å². The number of piperazine rings is 1. The molecule has 1 fully saturated rings. The SMILES string of the molecule is CCCCCC(C)(CC)CC(C)(C)CC(=O)OC(C(=O)O)N1C(=O)CCc2ccc(OCCCCN3CCN(c4cccc(Cl)c4Cl)CC3)cc21. The van der Waals surface area contributed by atoms with E-state index in [0.717, 1.165) is 93.8 Å². The highest BCUT2D eigenvalue weighted by Crippen LogP contribution is 2.43. The number of benzene rings is 2. The number of carbonyl (C=O) groups is 3. The second kappa shape index (κ2) is 18.7. The molecule has 2 aliphatic heterocycles. The van der Waals surface area contributed by atoms with E-state index in [4.69, 9.17) is 32.7 Å². The summed E-state index contributed by atoms with van der Waals surface area (Å²) in [5.74, 6) is -1.87. The summed E-state index contributed by atoms with van der Waals surface area (Å²) in [5.41, 5.74) is 1.87. The van der Waals surface area contributed by atoms with Crippen molar-refractivity contribution in [3.05, 3.63) is 52.0 Å². The van der Waals surface area contributed by atoms with Gasteiger partial charge in [0.1, 0.15) is 5.75 Å². The molecule has 51 heavy (non-hydrogen) atoms. The number of esters is 1. The molecular weight excluding hydrogens is 689 g/mol. The molecule has 2 atom stereocenters. The minimum absolute atomic E-state index is 0.0596. The number of nitrogens with zero attached hydrogens (tertiary/aromatic N) is 3. The standard InChI is InChI=1S/C40H57Cl2N3O6/c1-6-8-9-19-40(5,7-2)28-39(3,4)27-35(47)51-37(38(48)49)45-33-26-30(17-15-29(33)16-18-34(45)46)50-25-11-10-20-43-21-23-44(24-22-43)32-14-12-13-31(41)36(32)42/h12-15,17,26,37H,6-11,16,18-25,27-28H2,1-5H3,(H,48,49). The molecule has 2 aromatic carbocycles. The van der Waals surface area contributed by atoms with Gasteiger partial charge in [0.15, 0.2) is 0 Å². The number of hydrogen-bond acceptors (Lipinski definition) is 7. The molecule has 0 saturated carbocycles. The molecule has 2 heterocycles. The number of rotatable bonds is 19. The van der Waals surface area contributed by atoms with Gasteiger partial charge >= 0.3 is 11.9 Å². The van der Waals surface area contributed by atoms with Crippen molar-refractivity contribution >= 4 is 52.4 Å². The number of carbonyl (C=O) groups excluding carboxylic acids is 2. The molecule has 2 unspecified atom stereocenters. The molecule has 2 aliphatic rings. The van der Waals surface area contributed by atoms with Crippen LogP contribution >= 0.6 is 23.2 Å². The molecule has 9 nitrogen and oxygen atoms in total. The highest BCUT2D eigenvalue weighted by Gasteiger charge is 2.40. The van der Waals surface area contributed by atoms with Crippen LogP contribution in [-0.4, -0.2) is 73.4 Å². The highest BCUT2D eigenvalue weighted by atomic mass is 35.5. The molecule has 282 valence electrons. The Morgan fingerprint density at radius 1 is 0.941 bits per heavy atom. The van der Waals surface area contributed by atoms with E-state index in [2.05, 4.69) is 30.6 Å². The molecule has 11 heteroatoms. The average Bonchev–Trinajstić information content (AvgIpc) is 3.08. The molecule has 1 amide bonds. The van der Waals surface area contributed by atoms with E-state index in [1.807, 2.05) is 38.1 Å². The predicted octanol–water partition coefficient (Wildman–Crippen LogP) is 9.01. The quantitative estimate of drug-likeness (QED) is 0.112. The van der Waals surface area contributed by atoms with Crippen LogP contribution in [0.2, 0.25) is 10.0 Å². The Hall–Kier alpha value is -3.01. The third kappa shape index (κ3) is 11.5. The smallest absolute Gasteiger partial charge is 0.367 e. The molecule has 4 rings (SSSR count). The maximum atomic E-state index is 13.3. The van der Waals surface area contributed by atoms with Gasteiger partial charge in [-0.15, -0.1) is 0 Å². The fraction of sp³-hybridized carbons (Fsp3) is 0.625. The minimum atomic E-state index is -1.76. The first kappa shape index (κ1) is 40.8. The Morgan fingerprint density at radius 3 is 2.37 bits per heavy atom. The fourth-order valence-corrected chi connectivity index (χ4v) is 7.99. The van der Waals surface area contributed by atoms with Crippen LogP contribution in [0.4, 0.5) is 11.4 Å². The van der Waals surface area contributed by atoms with Gasteiger partial charge in [-0.05, 0) is 73.2 Å². The van der Waals surface area contributed by atoms with Gasteiger partial charge in [-0.3, -0.25) is 19.4 Å². The lowest BCUT2D eigenvalue weighted by atomic mass is 9.69. The number of carboxylic acid groups (broad SMARTS) is 1. The fourth-order valence-electron chi connectivity index (χ4n) is 7.58. The van der Waals surface area contributed by atoms with Crippen molar-refractivity contribution in [2.75, 3.05) is 49.1 Å². The van der Waals surface area contributed by atoms with Crippen molar-refractivity contribution in [3.8, 4) is 5.75 Å². The summed E-state index contributed by atoms with van der Waals surface area (Å²) in [5, 5.41) is 11.4. The third-order valence-electron chi connectivity index (χ3n) is 10.4. The summed E-state index contributed by atoms with van der Waals surface area (Å²) in [4.78, 5) is 44.9. The van der Waals surface area contributed by atoms with Crippen LogP contribution in [0.3, 0.4) is 0 Å². The zero-order valence-corrected chi connectivity index (χ0v) is 32.7. The molecule has 0 aromatic heterocycles. The van der Waals surface area contributed by atoms with Gasteiger partial charge in [0.05, 0.1) is 34.4 Å². The van der Waals surface area contributed by atoms with E-state index in [9.17, 15) is 19.5 Å². The maximum absolute atomic E-state index is 13.3. The van der Waals surface area contributed by atoms with Gasteiger partial charge in [-0.2, -0.15) is 0 Å². The Labute approximate surface area is 314 Å². The average molecular weight is 747 g/mol. The van der Waals surface area contributed by atoms with Crippen LogP contribution < -0.4 is 14.5 Å². The first-order valence-corrected chi connectivity index (χ1v) is 19.4. The third-order valence-corrected chi connectivity index (χ3v) is 11.2. The molecular formula is C40H57Cl2N3O6. The van der Waals surface area contributed by atoms with Crippen LogP contribution in [0.5, 0.6) is 5.75 Å². The lowest BCUT2D eigenvalue weighted by molar-refractivity contribution is -0.166. The van der Waals surface area contributed by atoms with E-state index >= 15 is 0 Å². The van der Waals surface area contributed by atoms with E-state index in [0.29, 0.717) is 34.5 Å². The zero-order valence-electron chi connectivity index (χ0n) is 31.1. The van der Waals surface area contributed by atoms with E-state index in [1.165, 1.54) is 6.42 Å². The van der Waals surface area contributed by atoms with Gasteiger partial charge in [0.25, 0.3) is 6.23 Å². The van der Waals surface area contributed by atoms with E-state index in [1.54, 1.807) is 12.1 Å². The first-order valence-electron chi connectivity index (χ1n) is 18.7.